The first-order valence-corrected chi connectivity index (χ1v) is 8.31. The number of anilines is 1. The van der Waals surface area contributed by atoms with Crippen LogP contribution in [-0.4, -0.2) is 18.5 Å². The van der Waals surface area contributed by atoms with Crippen molar-refractivity contribution < 1.29 is 4.79 Å². The number of rotatable bonds is 3. The molecule has 2 unspecified atom stereocenters. The van der Waals surface area contributed by atoms with E-state index in [9.17, 15) is 4.79 Å². The number of hydrogen-bond donors (Lipinski definition) is 2. The summed E-state index contributed by atoms with van der Waals surface area (Å²) in [4.78, 5) is 13.7. The highest BCUT2D eigenvalue weighted by molar-refractivity contribution is 7.13. The number of hydrogen-bond acceptors (Lipinski definition) is 3. The second-order valence-corrected chi connectivity index (χ2v) is 6.51. The van der Waals surface area contributed by atoms with Gasteiger partial charge in [-0.15, -0.1) is 11.3 Å². The normalized spacial score (nSPS) is 22.0. The topological polar surface area (TPSA) is 41.1 Å². The van der Waals surface area contributed by atoms with Crippen LogP contribution in [0.25, 0.3) is 10.4 Å². The van der Waals surface area contributed by atoms with Gasteiger partial charge in [-0.2, -0.15) is 0 Å². The molecule has 1 aromatic heterocycles. The molecular weight excluding hydrogens is 280 g/mol. The smallest absolute Gasteiger partial charge is 0.241 e. The van der Waals surface area contributed by atoms with Crippen molar-refractivity contribution in [1.29, 1.82) is 0 Å². The first kappa shape index (κ1) is 14.3. The van der Waals surface area contributed by atoms with Gasteiger partial charge in [0, 0.05) is 16.1 Å². The molecule has 4 heteroatoms. The standard InChI is InChI=1S/C17H20N2OS/c1-12-6-4-10-18-16(12)17(20)19-14-8-3-2-7-13(14)15-9-5-11-21-15/h2-3,5,7-9,11-12,16,18H,4,6,10H2,1H3,(H,19,20). The summed E-state index contributed by atoms with van der Waals surface area (Å²) in [5.74, 6) is 0.457. The van der Waals surface area contributed by atoms with Gasteiger partial charge in [-0.25, -0.2) is 0 Å². The van der Waals surface area contributed by atoms with Crippen molar-refractivity contribution >= 4 is 22.9 Å². The molecule has 3 nitrogen and oxygen atoms in total. The van der Waals surface area contributed by atoms with Gasteiger partial charge in [0.1, 0.15) is 0 Å². The second-order valence-electron chi connectivity index (χ2n) is 5.56. The van der Waals surface area contributed by atoms with Crippen LogP contribution in [0.1, 0.15) is 19.8 Å². The second kappa shape index (κ2) is 6.41. The minimum absolute atomic E-state index is 0.0752. The maximum absolute atomic E-state index is 12.5. The molecule has 1 aliphatic rings. The van der Waals surface area contributed by atoms with Crippen molar-refractivity contribution in [1.82, 2.24) is 5.32 Å². The van der Waals surface area contributed by atoms with Crippen LogP contribution in [0.2, 0.25) is 0 Å². The van der Waals surface area contributed by atoms with E-state index in [1.54, 1.807) is 11.3 Å². The lowest BCUT2D eigenvalue weighted by molar-refractivity contribution is -0.119. The zero-order valence-corrected chi connectivity index (χ0v) is 13.0. The average molecular weight is 300 g/mol. The maximum atomic E-state index is 12.5. The van der Waals surface area contributed by atoms with Crippen LogP contribution < -0.4 is 10.6 Å². The first-order chi connectivity index (χ1) is 10.3. The Balaban J connectivity index is 1.80. The number of piperidine rings is 1. The molecular formula is C17H20N2OS. The Bertz CT molecular complexity index is 609. The quantitative estimate of drug-likeness (QED) is 0.906. The minimum Gasteiger partial charge on any atom is -0.324 e. The van der Waals surface area contributed by atoms with E-state index in [0.29, 0.717) is 5.92 Å². The van der Waals surface area contributed by atoms with Crippen LogP contribution >= 0.6 is 11.3 Å². The molecule has 0 bridgehead atoms. The SMILES string of the molecule is CC1CCCNC1C(=O)Nc1ccccc1-c1cccs1. The molecule has 0 radical (unpaired) electrons. The summed E-state index contributed by atoms with van der Waals surface area (Å²) >= 11 is 1.69. The molecule has 3 rings (SSSR count). The molecule has 0 aliphatic carbocycles. The Morgan fingerprint density at radius 3 is 2.90 bits per heavy atom. The molecule has 2 N–H and O–H groups in total. The van der Waals surface area contributed by atoms with Gasteiger partial charge in [-0.1, -0.05) is 31.2 Å². The number of para-hydroxylation sites is 1. The zero-order valence-electron chi connectivity index (χ0n) is 12.1. The number of thiophene rings is 1. The molecule has 1 amide bonds. The van der Waals surface area contributed by atoms with Crippen LogP contribution in [0.5, 0.6) is 0 Å². The molecule has 2 aromatic rings. The Morgan fingerprint density at radius 2 is 2.14 bits per heavy atom. The maximum Gasteiger partial charge on any atom is 0.241 e. The van der Waals surface area contributed by atoms with E-state index < -0.39 is 0 Å². The Hall–Kier alpha value is -1.65. The van der Waals surface area contributed by atoms with E-state index in [1.807, 2.05) is 24.3 Å². The number of carbonyl (C=O) groups excluding carboxylic acids is 1. The van der Waals surface area contributed by atoms with E-state index in [-0.39, 0.29) is 11.9 Å². The van der Waals surface area contributed by atoms with Gasteiger partial charge in [0.15, 0.2) is 0 Å². The molecule has 0 spiro atoms. The summed E-state index contributed by atoms with van der Waals surface area (Å²) in [5.41, 5.74) is 1.98. The van der Waals surface area contributed by atoms with Gasteiger partial charge < -0.3 is 10.6 Å². The Labute approximate surface area is 129 Å². The monoisotopic (exact) mass is 300 g/mol. The van der Waals surface area contributed by atoms with Crippen molar-refractivity contribution in [3.63, 3.8) is 0 Å². The van der Waals surface area contributed by atoms with Crippen LogP contribution in [0.3, 0.4) is 0 Å². The summed E-state index contributed by atoms with van der Waals surface area (Å²) in [7, 11) is 0. The van der Waals surface area contributed by atoms with Gasteiger partial charge in [-0.05, 0) is 42.8 Å². The van der Waals surface area contributed by atoms with Crippen LogP contribution in [-0.2, 0) is 4.79 Å². The van der Waals surface area contributed by atoms with Crippen LogP contribution in [0.4, 0.5) is 5.69 Å². The zero-order chi connectivity index (χ0) is 14.7. The van der Waals surface area contributed by atoms with Crippen molar-refractivity contribution in [2.45, 2.75) is 25.8 Å². The Morgan fingerprint density at radius 1 is 1.29 bits per heavy atom. The van der Waals surface area contributed by atoms with Crippen molar-refractivity contribution in [3.8, 4) is 10.4 Å². The van der Waals surface area contributed by atoms with Crippen molar-refractivity contribution in [2.75, 3.05) is 11.9 Å². The highest BCUT2D eigenvalue weighted by atomic mass is 32.1. The van der Waals surface area contributed by atoms with Gasteiger partial charge in [-0.3, -0.25) is 4.79 Å². The van der Waals surface area contributed by atoms with E-state index in [0.717, 1.165) is 30.6 Å². The molecule has 2 atom stereocenters. The number of benzene rings is 1. The van der Waals surface area contributed by atoms with E-state index >= 15 is 0 Å². The van der Waals surface area contributed by atoms with Crippen LogP contribution in [0.15, 0.2) is 41.8 Å². The third kappa shape index (κ3) is 3.17. The third-order valence-corrected chi connectivity index (χ3v) is 4.93. The average Bonchev–Trinajstić information content (AvgIpc) is 3.02. The molecule has 1 aromatic carbocycles. The summed E-state index contributed by atoms with van der Waals surface area (Å²) < 4.78 is 0. The fraction of sp³-hybridized carbons (Fsp3) is 0.353. The van der Waals surface area contributed by atoms with Gasteiger partial charge in [0.05, 0.1) is 6.04 Å². The lowest BCUT2D eigenvalue weighted by Gasteiger charge is -2.29. The van der Waals surface area contributed by atoms with Crippen molar-refractivity contribution in [2.24, 2.45) is 5.92 Å². The number of carbonyl (C=O) groups is 1. The predicted octanol–water partition coefficient (Wildman–Crippen LogP) is 3.74. The summed E-state index contributed by atoms with van der Waals surface area (Å²) in [5, 5.41) is 8.49. The van der Waals surface area contributed by atoms with Crippen molar-refractivity contribution in [3.05, 3.63) is 41.8 Å². The lowest BCUT2D eigenvalue weighted by atomic mass is 9.92. The first-order valence-electron chi connectivity index (χ1n) is 7.43. The molecule has 21 heavy (non-hydrogen) atoms. The molecule has 0 saturated carbocycles. The molecule has 110 valence electrons. The highest BCUT2D eigenvalue weighted by Gasteiger charge is 2.27. The van der Waals surface area contributed by atoms with Gasteiger partial charge in [0.25, 0.3) is 0 Å². The number of amides is 1. The fourth-order valence-corrected chi connectivity index (χ4v) is 3.62. The highest BCUT2D eigenvalue weighted by Crippen LogP contribution is 2.31. The van der Waals surface area contributed by atoms with Gasteiger partial charge in [0.2, 0.25) is 5.91 Å². The molecule has 2 heterocycles. The largest absolute Gasteiger partial charge is 0.324 e. The van der Waals surface area contributed by atoms with Crippen LogP contribution in [0, 0.1) is 5.92 Å². The van der Waals surface area contributed by atoms with E-state index in [2.05, 4.69) is 35.1 Å². The minimum atomic E-state index is -0.0878. The fourth-order valence-electron chi connectivity index (χ4n) is 2.85. The Kier molecular flexibility index (Phi) is 4.36. The summed E-state index contributed by atoms with van der Waals surface area (Å²) in [6, 6.07) is 12.0. The molecule has 1 aliphatic heterocycles. The van der Waals surface area contributed by atoms with Gasteiger partial charge >= 0.3 is 0 Å². The lowest BCUT2D eigenvalue weighted by Crippen LogP contribution is -2.48. The summed E-state index contributed by atoms with van der Waals surface area (Å²) in [6.45, 7) is 3.07. The number of nitrogens with one attached hydrogen (secondary N) is 2. The van der Waals surface area contributed by atoms with E-state index in [4.69, 9.17) is 0 Å². The van der Waals surface area contributed by atoms with E-state index in [1.165, 1.54) is 4.88 Å². The predicted molar refractivity (Wildman–Crippen MR) is 88.6 cm³/mol. The third-order valence-electron chi connectivity index (χ3n) is 4.02. The molecule has 1 fully saturated rings. The molecule has 1 saturated heterocycles. The summed E-state index contributed by atoms with van der Waals surface area (Å²) in [6.07, 6.45) is 2.26.